The van der Waals surface area contributed by atoms with Gasteiger partial charge in [0.05, 0.1) is 0 Å². The van der Waals surface area contributed by atoms with Crippen LogP contribution < -0.4 is 10.1 Å². The molecule has 0 fully saturated rings. The Hall–Kier alpha value is -1.95. The summed E-state index contributed by atoms with van der Waals surface area (Å²) in [5, 5.41) is 12.8. The molecule has 0 saturated heterocycles. The number of hydrogen-bond acceptors (Lipinski definition) is 5. The van der Waals surface area contributed by atoms with Gasteiger partial charge in [0, 0.05) is 24.9 Å². The Bertz CT molecular complexity index is 669. The van der Waals surface area contributed by atoms with Crippen LogP contribution in [0.25, 0.3) is 0 Å². The molecule has 3 rings (SSSR count). The van der Waals surface area contributed by atoms with Gasteiger partial charge in [-0.25, -0.2) is 0 Å². The first-order valence-electron chi connectivity index (χ1n) is 6.98. The van der Waals surface area contributed by atoms with Crippen LogP contribution in [-0.4, -0.2) is 28.8 Å². The normalized spacial score (nSPS) is 16.4. The molecule has 110 valence electrons. The zero-order chi connectivity index (χ0) is 14.8. The SMILES string of the molecule is Cc1nnc(CCNC(=O)c2ccc3c(c2)C[C@H](C)O3)s1. The molecule has 1 aliphatic rings. The Morgan fingerprint density at radius 1 is 1.48 bits per heavy atom. The molecule has 1 aromatic heterocycles. The third-order valence-electron chi connectivity index (χ3n) is 3.35. The predicted molar refractivity (Wildman–Crippen MR) is 80.9 cm³/mol. The van der Waals surface area contributed by atoms with E-state index in [-0.39, 0.29) is 12.0 Å². The van der Waals surface area contributed by atoms with E-state index in [1.165, 1.54) is 0 Å². The van der Waals surface area contributed by atoms with E-state index in [1.54, 1.807) is 17.4 Å². The summed E-state index contributed by atoms with van der Waals surface area (Å²) in [5.41, 5.74) is 1.79. The van der Waals surface area contributed by atoms with Crippen LogP contribution in [-0.2, 0) is 12.8 Å². The topological polar surface area (TPSA) is 64.1 Å². The number of fused-ring (bicyclic) bond motifs is 1. The second kappa shape index (κ2) is 5.81. The van der Waals surface area contributed by atoms with Crippen LogP contribution in [0.1, 0.15) is 32.9 Å². The highest BCUT2D eigenvalue weighted by Crippen LogP contribution is 2.29. The first-order chi connectivity index (χ1) is 10.1. The van der Waals surface area contributed by atoms with Crippen LogP contribution in [0.4, 0.5) is 0 Å². The van der Waals surface area contributed by atoms with Crippen molar-refractivity contribution in [2.45, 2.75) is 32.8 Å². The van der Waals surface area contributed by atoms with Crippen LogP contribution in [0.15, 0.2) is 18.2 Å². The van der Waals surface area contributed by atoms with Gasteiger partial charge < -0.3 is 10.1 Å². The Morgan fingerprint density at radius 3 is 3.10 bits per heavy atom. The summed E-state index contributed by atoms with van der Waals surface area (Å²) >= 11 is 1.56. The average Bonchev–Trinajstić information content (AvgIpc) is 3.02. The summed E-state index contributed by atoms with van der Waals surface area (Å²) in [5.74, 6) is 0.835. The molecule has 1 aliphatic heterocycles. The maximum atomic E-state index is 12.1. The number of carbonyl (C=O) groups excluding carboxylic acids is 1. The van der Waals surface area contributed by atoms with Crippen LogP contribution in [0.5, 0.6) is 5.75 Å². The molecule has 1 N–H and O–H groups in total. The Balaban J connectivity index is 1.57. The van der Waals surface area contributed by atoms with Crippen molar-refractivity contribution in [1.29, 1.82) is 0 Å². The number of rotatable bonds is 4. The largest absolute Gasteiger partial charge is 0.490 e. The molecule has 0 radical (unpaired) electrons. The van der Waals surface area contributed by atoms with Crippen molar-refractivity contribution in [3.63, 3.8) is 0 Å². The minimum Gasteiger partial charge on any atom is -0.490 e. The number of amides is 1. The maximum absolute atomic E-state index is 12.1. The van der Waals surface area contributed by atoms with Gasteiger partial charge in [0.25, 0.3) is 5.91 Å². The highest BCUT2D eigenvalue weighted by atomic mass is 32.1. The molecule has 6 heteroatoms. The van der Waals surface area contributed by atoms with Crippen molar-refractivity contribution in [2.75, 3.05) is 6.54 Å². The number of hydrogen-bond donors (Lipinski definition) is 1. The minimum atomic E-state index is -0.0569. The van der Waals surface area contributed by atoms with Crippen LogP contribution >= 0.6 is 11.3 Å². The second-order valence-electron chi connectivity index (χ2n) is 5.18. The lowest BCUT2D eigenvalue weighted by molar-refractivity contribution is 0.0954. The molecule has 0 unspecified atom stereocenters. The van der Waals surface area contributed by atoms with Gasteiger partial charge in [-0.2, -0.15) is 0 Å². The summed E-state index contributed by atoms with van der Waals surface area (Å²) in [4.78, 5) is 12.1. The van der Waals surface area contributed by atoms with E-state index >= 15 is 0 Å². The number of benzene rings is 1. The van der Waals surface area contributed by atoms with Crippen molar-refractivity contribution >= 4 is 17.2 Å². The van der Waals surface area contributed by atoms with Gasteiger partial charge >= 0.3 is 0 Å². The number of nitrogens with one attached hydrogen (secondary N) is 1. The van der Waals surface area contributed by atoms with Crippen molar-refractivity contribution in [2.24, 2.45) is 0 Å². The molecule has 2 heterocycles. The molecule has 21 heavy (non-hydrogen) atoms. The quantitative estimate of drug-likeness (QED) is 0.940. The van der Waals surface area contributed by atoms with Crippen LogP contribution in [0.3, 0.4) is 0 Å². The fourth-order valence-electron chi connectivity index (χ4n) is 2.39. The van der Waals surface area contributed by atoms with E-state index in [4.69, 9.17) is 4.74 Å². The van der Waals surface area contributed by atoms with E-state index in [2.05, 4.69) is 15.5 Å². The fraction of sp³-hybridized carbons (Fsp3) is 0.400. The van der Waals surface area contributed by atoms with Crippen molar-refractivity contribution in [1.82, 2.24) is 15.5 Å². The Labute approximate surface area is 127 Å². The van der Waals surface area contributed by atoms with E-state index in [0.717, 1.165) is 27.7 Å². The summed E-state index contributed by atoms with van der Waals surface area (Å²) in [6.07, 6.45) is 1.77. The molecule has 5 nitrogen and oxygen atoms in total. The van der Waals surface area contributed by atoms with E-state index in [9.17, 15) is 4.79 Å². The first kappa shape index (κ1) is 14.0. The van der Waals surface area contributed by atoms with Gasteiger partial charge in [-0.15, -0.1) is 21.5 Å². The summed E-state index contributed by atoms with van der Waals surface area (Å²) in [7, 11) is 0. The third kappa shape index (κ3) is 3.21. The Kier molecular flexibility index (Phi) is 3.88. The number of aromatic nitrogens is 2. The van der Waals surface area contributed by atoms with E-state index in [0.29, 0.717) is 18.5 Å². The average molecular weight is 303 g/mol. The van der Waals surface area contributed by atoms with E-state index in [1.807, 2.05) is 26.0 Å². The maximum Gasteiger partial charge on any atom is 0.251 e. The number of aryl methyl sites for hydroxylation is 1. The van der Waals surface area contributed by atoms with Crippen molar-refractivity contribution in [3.05, 3.63) is 39.3 Å². The first-order valence-corrected chi connectivity index (χ1v) is 7.80. The number of carbonyl (C=O) groups is 1. The lowest BCUT2D eigenvalue weighted by Crippen LogP contribution is -2.25. The monoisotopic (exact) mass is 303 g/mol. The third-order valence-corrected chi connectivity index (χ3v) is 4.25. The summed E-state index contributed by atoms with van der Waals surface area (Å²) in [6, 6.07) is 5.60. The molecule has 0 bridgehead atoms. The fourth-order valence-corrected chi connectivity index (χ4v) is 3.10. The summed E-state index contributed by atoms with van der Waals surface area (Å²) < 4.78 is 5.64. The highest BCUT2D eigenvalue weighted by Gasteiger charge is 2.20. The molecular weight excluding hydrogens is 286 g/mol. The lowest BCUT2D eigenvalue weighted by atomic mass is 10.1. The second-order valence-corrected chi connectivity index (χ2v) is 6.44. The van der Waals surface area contributed by atoms with Gasteiger partial charge in [-0.1, -0.05) is 0 Å². The van der Waals surface area contributed by atoms with Gasteiger partial charge in [-0.3, -0.25) is 4.79 Å². The molecule has 2 aromatic rings. The lowest BCUT2D eigenvalue weighted by Gasteiger charge is -2.05. The van der Waals surface area contributed by atoms with E-state index < -0.39 is 0 Å². The zero-order valence-corrected chi connectivity index (χ0v) is 12.9. The van der Waals surface area contributed by atoms with Crippen LogP contribution in [0.2, 0.25) is 0 Å². The standard InChI is InChI=1S/C15H17N3O2S/c1-9-7-12-8-11(3-4-13(12)20-9)15(19)16-6-5-14-18-17-10(2)21-14/h3-4,8-9H,5-7H2,1-2H3,(H,16,19)/t9-/m0/s1. The van der Waals surface area contributed by atoms with Gasteiger partial charge in [0.15, 0.2) is 0 Å². The van der Waals surface area contributed by atoms with Crippen molar-refractivity contribution < 1.29 is 9.53 Å². The zero-order valence-electron chi connectivity index (χ0n) is 12.0. The molecular formula is C15H17N3O2S. The smallest absolute Gasteiger partial charge is 0.251 e. The Morgan fingerprint density at radius 2 is 2.33 bits per heavy atom. The number of ether oxygens (including phenoxy) is 1. The molecule has 0 aliphatic carbocycles. The van der Waals surface area contributed by atoms with Crippen molar-refractivity contribution in [3.8, 4) is 5.75 Å². The van der Waals surface area contributed by atoms with Gasteiger partial charge in [-0.05, 0) is 37.6 Å². The molecule has 0 spiro atoms. The minimum absolute atomic E-state index is 0.0569. The van der Waals surface area contributed by atoms with Gasteiger partial charge in [0.2, 0.25) is 0 Å². The highest BCUT2D eigenvalue weighted by molar-refractivity contribution is 7.11. The predicted octanol–water partition coefficient (Wildman–Crippen LogP) is 2.14. The summed E-state index contributed by atoms with van der Waals surface area (Å²) in [6.45, 7) is 4.52. The molecule has 1 atom stereocenters. The number of nitrogens with zero attached hydrogens (tertiary/aromatic N) is 2. The van der Waals surface area contributed by atoms with Gasteiger partial charge in [0.1, 0.15) is 21.9 Å². The van der Waals surface area contributed by atoms with Crippen LogP contribution in [0, 0.1) is 6.92 Å². The molecule has 1 aromatic carbocycles. The molecule has 0 saturated carbocycles. The molecule has 1 amide bonds.